The van der Waals surface area contributed by atoms with Crippen molar-refractivity contribution in [2.24, 2.45) is 0 Å². The van der Waals surface area contributed by atoms with Crippen LogP contribution in [0.4, 0.5) is 5.82 Å². The molecule has 0 aliphatic heterocycles. The quantitative estimate of drug-likeness (QED) is 0.395. The van der Waals surface area contributed by atoms with Crippen molar-refractivity contribution < 1.29 is 5.11 Å². The third kappa shape index (κ3) is 3.22. The fourth-order valence-corrected chi connectivity index (χ4v) is 3.97. The first-order valence-electron chi connectivity index (χ1n) is 9.94. The molecule has 0 fully saturated rings. The lowest BCUT2D eigenvalue weighted by molar-refractivity contribution is 0.472. The fourth-order valence-electron chi connectivity index (χ4n) is 3.97. The summed E-state index contributed by atoms with van der Waals surface area (Å²) in [7, 11) is 0. The summed E-state index contributed by atoms with van der Waals surface area (Å²) >= 11 is 0. The Morgan fingerprint density at radius 1 is 0.767 bits per heavy atom. The number of nitrogens with one attached hydrogen (secondary N) is 1. The van der Waals surface area contributed by atoms with Crippen molar-refractivity contribution in [2.45, 2.75) is 13.0 Å². The van der Waals surface area contributed by atoms with E-state index in [4.69, 9.17) is 0 Å². The summed E-state index contributed by atoms with van der Waals surface area (Å²) in [6.45, 7) is 2.04. The SMILES string of the molecule is Cc1ccnc(NC(c2ccc3cccnc3c2O)c2cccc3ccccc23)c1. The average Bonchev–Trinajstić information content (AvgIpc) is 2.78. The molecule has 0 spiro atoms. The number of aromatic hydroxyl groups is 1. The molecule has 4 heteroatoms. The van der Waals surface area contributed by atoms with Crippen molar-refractivity contribution in [3.8, 4) is 5.75 Å². The summed E-state index contributed by atoms with van der Waals surface area (Å²) < 4.78 is 0. The Balaban J connectivity index is 1.74. The Labute approximate surface area is 174 Å². The van der Waals surface area contributed by atoms with Crippen LogP contribution >= 0.6 is 0 Å². The van der Waals surface area contributed by atoms with Gasteiger partial charge < -0.3 is 10.4 Å². The number of aryl methyl sites for hydroxylation is 1. The molecule has 0 amide bonds. The van der Waals surface area contributed by atoms with Gasteiger partial charge in [-0.25, -0.2) is 4.98 Å². The lowest BCUT2D eigenvalue weighted by atomic mass is 9.92. The van der Waals surface area contributed by atoms with Gasteiger partial charge in [0, 0.05) is 23.3 Å². The topological polar surface area (TPSA) is 58.0 Å². The van der Waals surface area contributed by atoms with Gasteiger partial charge >= 0.3 is 0 Å². The molecule has 4 nitrogen and oxygen atoms in total. The maximum Gasteiger partial charge on any atom is 0.147 e. The average molecular weight is 391 g/mol. The Morgan fingerprint density at radius 2 is 1.60 bits per heavy atom. The Bertz CT molecular complexity index is 1360. The van der Waals surface area contributed by atoms with E-state index in [1.165, 1.54) is 0 Å². The number of aromatic nitrogens is 2. The molecule has 1 unspecified atom stereocenters. The Hall–Kier alpha value is -3.92. The molecule has 3 aromatic carbocycles. The third-order valence-electron chi connectivity index (χ3n) is 5.43. The number of hydrogen-bond donors (Lipinski definition) is 2. The van der Waals surface area contributed by atoms with E-state index in [1.54, 1.807) is 12.4 Å². The number of rotatable bonds is 4. The number of fused-ring (bicyclic) bond motifs is 2. The molecule has 5 aromatic rings. The molecule has 0 saturated heterocycles. The lowest BCUT2D eigenvalue weighted by Gasteiger charge is -2.23. The van der Waals surface area contributed by atoms with E-state index in [2.05, 4.69) is 39.6 Å². The third-order valence-corrected chi connectivity index (χ3v) is 5.43. The second kappa shape index (κ2) is 7.48. The van der Waals surface area contributed by atoms with Crippen LogP contribution < -0.4 is 5.32 Å². The minimum Gasteiger partial charge on any atom is -0.505 e. The van der Waals surface area contributed by atoms with E-state index in [0.29, 0.717) is 5.52 Å². The zero-order valence-corrected chi connectivity index (χ0v) is 16.6. The number of pyridine rings is 2. The number of benzene rings is 3. The minimum atomic E-state index is -0.295. The molecule has 0 saturated carbocycles. The predicted octanol–water partition coefficient (Wildman–Crippen LogP) is 6.00. The summed E-state index contributed by atoms with van der Waals surface area (Å²) in [6, 6.07) is 26.0. The molecule has 0 aliphatic rings. The molecule has 2 aromatic heterocycles. The van der Waals surface area contributed by atoms with Crippen molar-refractivity contribution in [3.05, 3.63) is 108 Å². The Kier molecular flexibility index (Phi) is 4.52. The van der Waals surface area contributed by atoms with Crippen LogP contribution in [0.3, 0.4) is 0 Å². The molecule has 0 bridgehead atoms. The first-order valence-corrected chi connectivity index (χ1v) is 9.94. The summed E-state index contributed by atoms with van der Waals surface area (Å²) in [6.07, 6.45) is 3.49. The van der Waals surface area contributed by atoms with Gasteiger partial charge in [-0.15, -0.1) is 0 Å². The van der Waals surface area contributed by atoms with Crippen LogP contribution in [0.1, 0.15) is 22.7 Å². The fraction of sp³-hybridized carbons (Fsp3) is 0.0769. The van der Waals surface area contributed by atoms with Crippen LogP contribution in [-0.4, -0.2) is 15.1 Å². The number of hydrogen-bond acceptors (Lipinski definition) is 4. The first kappa shape index (κ1) is 18.1. The van der Waals surface area contributed by atoms with Gasteiger partial charge in [-0.05, 0) is 47.0 Å². The molecule has 5 rings (SSSR count). The molecule has 30 heavy (non-hydrogen) atoms. The number of phenols is 1. The highest BCUT2D eigenvalue weighted by Crippen LogP contribution is 2.38. The van der Waals surface area contributed by atoms with Crippen molar-refractivity contribution in [1.82, 2.24) is 9.97 Å². The van der Waals surface area contributed by atoms with Crippen molar-refractivity contribution >= 4 is 27.5 Å². The van der Waals surface area contributed by atoms with Crippen LogP contribution in [0, 0.1) is 6.92 Å². The predicted molar refractivity (Wildman–Crippen MR) is 122 cm³/mol. The molecule has 146 valence electrons. The van der Waals surface area contributed by atoms with E-state index in [1.807, 2.05) is 61.5 Å². The maximum absolute atomic E-state index is 11.2. The van der Waals surface area contributed by atoms with Gasteiger partial charge in [0.15, 0.2) is 0 Å². The minimum absolute atomic E-state index is 0.186. The number of anilines is 1. The standard InChI is InChI=1S/C26H21N3O/c1-17-13-15-27-23(16-17)29-25(21-10-4-7-18-6-2-3-9-20(18)21)22-12-11-19-8-5-14-28-24(19)26(22)30/h2-16,25,30H,1H3,(H,27,29). The lowest BCUT2D eigenvalue weighted by Crippen LogP contribution is -2.14. The second-order valence-corrected chi connectivity index (χ2v) is 7.44. The molecular weight excluding hydrogens is 370 g/mol. The molecular formula is C26H21N3O. The smallest absolute Gasteiger partial charge is 0.147 e. The molecule has 0 aliphatic carbocycles. The van der Waals surface area contributed by atoms with Gasteiger partial charge in [-0.3, -0.25) is 4.98 Å². The normalized spacial score (nSPS) is 12.2. The summed E-state index contributed by atoms with van der Waals surface area (Å²) in [4.78, 5) is 8.90. The summed E-state index contributed by atoms with van der Waals surface area (Å²) in [5.41, 5.74) is 3.55. The van der Waals surface area contributed by atoms with Crippen LogP contribution in [0.15, 0.2) is 91.3 Å². The monoisotopic (exact) mass is 391 g/mol. The van der Waals surface area contributed by atoms with Crippen LogP contribution in [0.2, 0.25) is 0 Å². The van der Waals surface area contributed by atoms with E-state index in [9.17, 15) is 5.11 Å². The van der Waals surface area contributed by atoms with Gasteiger partial charge in [0.2, 0.25) is 0 Å². The summed E-state index contributed by atoms with van der Waals surface area (Å²) in [5.74, 6) is 0.944. The van der Waals surface area contributed by atoms with E-state index >= 15 is 0 Å². The van der Waals surface area contributed by atoms with Crippen LogP contribution in [-0.2, 0) is 0 Å². The number of phenolic OH excluding ortho intramolecular Hbond substituents is 1. The van der Waals surface area contributed by atoms with E-state index < -0.39 is 0 Å². The molecule has 1 atom stereocenters. The number of nitrogens with zero attached hydrogens (tertiary/aromatic N) is 2. The molecule has 2 N–H and O–H groups in total. The van der Waals surface area contributed by atoms with Gasteiger partial charge in [-0.2, -0.15) is 0 Å². The highest BCUT2D eigenvalue weighted by atomic mass is 16.3. The second-order valence-electron chi connectivity index (χ2n) is 7.44. The first-order chi connectivity index (χ1) is 14.7. The van der Waals surface area contributed by atoms with E-state index in [-0.39, 0.29) is 11.8 Å². The van der Waals surface area contributed by atoms with Crippen molar-refractivity contribution in [2.75, 3.05) is 5.32 Å². The van der Waals surface area contributed by atoms with E-state index in [0.717, 1.165) is 38.7 Å². The van der Waals surface area contributed by atoms with Crippen LogP contribution in [0.25, 0.3) is 21.7 Å². The van der Waals surface area contributed by atoms with Gasteiger partial charge in [0.25, 0.3) is 0 Å². The molecule has 0 radical (unpaired) electrons. The van der Waals surface area contributed by atoms with Crippen LogP contribution in [0.5, 0.6) is 5.75 Å². The highest BCUT2D eigenvalue weighted by molar-refractivity contribution is 5.89. The zero-order chi connectivity index (χ0) is 20.5. The Morgan fingerprint density at radius 3 is 2.50 bits per heavy atom. The van der Waals surface area contributed by atoms with Crippen molar-refractivity contribution in [3.63, 3.8) is 0 Å². The van der Waals surface area contributed by atoms with Gasteiger partial charge in [0.1, 0.15) is 17.1 Å². The highest BCUT2D eigenvalue weighted by Gasteiger charge is 2.22. The maximum atomic E-state index is 11.2. The molecule has 2 heterocycles. The van der Waals surface area contributed by atoms with Crippen molar-refractivity contribution in [1.29, 1.82) is 0 Å². The summed E-state index contributed by atoms with van der Waals surface area (Å²) in [5, 5.41) is 17.9. The zero-order valence-electron chi connectivity index (χ0n) is 16.6. The van der Waals surface area contributed by atoms with Gasteiger partial charge in [-0.1, -0.05) is 60.7 Å². The van der Waals surface area contributed by atoms with Gasteiger partial charge in [0.05, 0.1) is 6.04 Å². The largest absolute Gasteiger partial charge is 0.505 e.